The molecule has 1 saturated heterocycles. The van der Waals surface area contributed by atoms with Crippen molar-refractivity contribution in [1.82, 2.24) is 9.97 Å². The van der Waals surface area contributed by atoms with Crippen LogP contribution in [0.15, 0.2) is 12.4 Å². The molecule has 2 atom stereocenters. The normalized spacial score (nSPS) is 24.0. The average Bonchev–Trinajstić information content (AvgIpc) is 2.70. The first-order valence-electron chi connectivity index (χ1n) is 5.97. The summed E-state index contributed by atoms with van der Waals surface area (Å²) in [6, 6.07) is 0.899. The number of carboxylic acids is 1. The highest BCUT2D eigenvalue weighted by atomic mass is 16.4. The number of anilines is 1. The van der Waals surface area contributed by atoms with Gasteiger partial charge >= 0.3 is 5.97 Å². The molecule has 5 nitrogen and oxygen atoms in total. The Bertz CT molecular complexity index is 405. The molecular weight excluding hydrogens is 218 g/mol. The molecule has 1 aliphatic rings. The van der Waals surface area contributed by atoms with Crippen LogP contribution in [0.5, 0.6) is 0 Å². The number of rotatable bonds is 3. The summed E-state index contributed by atoms with van der Waals surface area (Å²) in [5.41, 5.74) is 0.133. The van der Waals surface area contributed by atoms with E-state index in [0.29, 0.717) is 18.0 Å². The maximum atomic E-state index is 10.7. The van der Waals surface area contributed by atoms with Crippen LogP contribution in [0.3, 0.4) is 0 Å². The minimum atomic E-state index is -0.988. The zero-order valence-corrected chi connectivity index (χ0v) is 10.1. The van der Waals surface area contributed by atoms with Crippen molar-refractivity contribution < 1.29 is 9.90 Å². The van der Waals surface area contributed by atoms with Crippen molar-refractivity contribution in [3.05, 3.63) is 18.0 Å². The molecule has 0 aromatic carbocycles. The van der Waals surface area contributed by atoms with Gasteiger partial charge in [0, 0.05) is 24.5 Å². The molecule has 2 heterocycles. The van der Waals surface area contributed by atoms with Gasteiger partial charge in [0.1, 0.15) is 0 Å². The zero-order chi connectivity index (χ0) is 12.4. The van der Waals surface area contributed by atoms with E-state index in [1.54, 1.807) is 0 Å². The maximum Gasteiger partial charge on any atom is 0.338 e. The highest BCUT2D eigenvalue weighted by Gasteiger charge is 2.31. The molecule has 1 aromatic heterocycles. The number of hydrogen-bond acceptors (Lipinski definition) is 4. The van der Waals surface area contributed by atoms with E-state index in [2.05, 4.69) is 28.7 Å². The lowest BCUT2D eigenvalue weighted by Gasteiger charge is -2.27. The third-order valence-electron chi connectivity index (χ3n) is 3.37. The maximum absolute atomic E-state index is 10.7. The Balaban J connectivity index is 2.24. The van der Waals surface area contributed by atoms with E-state index >= 15 is 0 Å². The van der Waals surface area contributed by atoms with E-state index < -0.39 is 5.97 Å². The average molecular weight is 235 g/mol. The van der Waals surface area contributed by atoms with Crippen LogP contribution in [0, 0.1) is 0 Å². The fourth-order valence-corrected chi connectivity index (χ4v) is 2.40. The van der Waals surface area contributed by atoms with Gasteiger partial charge in [0.25, 0.3) is 0 Å². The largest absolute Gasteiger partial charge is 0.478 e. The Kier molecular flexibility index (Phi) is 3.26. The van der Waals surface area contributed by atoms with Gasteiger partial charge in [-0.05, 0) is 26.2 Å². The van der Waals surface area contributed by atoms with Gasteiger partial charge in [0.05, 0.1) is 5.56 Å². The summed E-state index contributed by atoms with van der Waals surface area (Å²) in [6.07, 6.45) is 6.11. The summed E-state index contributed by atoms with van der Waals surface area (Å²) in [7, 11) is 0. The van der Waals surface area contributed by atoms with Crippen molar-refractivity contribution >= 4 is 11.9 Å². The first kappa shape index (κ1) is 11.8. The molecule has 0 saturated carbocycles. The van der Waals surface area contributed by atoms with Crippen molar-refractivity contribution in [2.24, 2.45) is 0 Å². The number of carboxylic acid groups (broad SMARTS) is 1. The number of aromatic nitrogens is 2. The first-order valence-corrected chi connectivity index (χ1v) is 5.97. The van der Waals surface area contributed by atoms with Crippen LogP contribution in [0.2, 0.25) is 0 Å². The molecule has 0 spiro atoms. The number of hydrogen-bond donors (Lipinski definition) is 1. The number of nitrogens with zero attached hydrogens (tertiary/aromatic N) is 3. The summed E-state index contributed by atoms with van der Waals surface area (Å²) >= 11 is 0. The second kappa shape index (κ2) is 4.69. The fraction of sp³-hybridized carbons (Fsp3) is 0.583. The molecule has 0 bridgehead atoms. The van der Waals surface area contributed by atoms with Gasteiger partial charge in [0.15, 0.2) is 0 Å². The first-order chi connectivity index (χ1) is 8.13. The molecule has 0 radical (unpaired) electrons. The summed E-state index contributed by atoms with van der Waals surface area (Å²) < 4.78 is 0. The van der Waals surface area contributed by atoms with Gasteiger partial charge in [-0.1, -0.05) is 6.92 Å². The Morgan fingerprint density at radius 2 is 2.12 bits per heavy atom. The van der Waals surface area contributed by atoms with E-state index in [-0.39, 0.29) is 5.56 Å². The lowest BCUT2D eigenvalue weighted by Crippen LogP contribution is -2.35. The van der Waals surface area contributed by atoms with Crippen LogP contribution in [-0.4, -0.2) is 33.1 Å². The molecule has 0 aliphatic carbocycles. The molecule has 1 N–H and O–H groups in total. The Morgan fingerprint density at radius 3 is 2.65 bits per heavy atom. The van der Waals surface area contributed by atoms with Crippen LogP contribution in [0.25, 0.3) is 0 Å². The highest BCUT2D eigenvalue weighted by molar-refractivity contribution is 5.86. The molecule has 1 aliphatic heterocycles. The third-order valence-corrected chi connectivity index (χ3v) is 3.37. The van der Waals surface area contributed by atoms with E-state index in [9.17, 15) is 4.79 Å². The van der Waals surface area contributed by atoms with E-state index in [1.807, 2.05) is 0 Å². The van der Waals surface area contributed by atoms with Gasteiger partial charge in [-0.2, -0.15) is 0 Å². The lowest BCUT2D eigenvalue weighted by molar-refractivity contribution is 0.0696. The highest BCUT2D eigenvalue weighted by Crippen LogP contribution is 2.29. The van der Waals surface area contributed by atoms with Crippen LogP contribution < -0.4 is 4.90 Å². The summed E-state index contributed by atoms with van der Waals surface area (Å²) in [5, 5.41) is 8.80. The Morgan fingerprint density at radius 1 is 1.47 bits per heavy atom. The van der Waals surface area contributed by atoms with Crippen molar-refractivity contribution in [1.29, 1.82) is 0 Å². The zero-order valence-electron chi connectivity index (χ0n) is 10.1. The van der Waals surface area contributed by atoms with Gasteiger partial charge in [-0.25, -0.2) is 14.8 Å². The molecule has 17 heavy (non-hydrogen) atoms. The predicted octanol–water partition coefficient (Wildman–Crippen LogP) is 1.94. The van der Waals surface area contributed by atoms with Gasteiger partial charge < -0.3 is 10.0 Å². The molecule has 2 rings (SSSR count). The van der Waals surface area contributed by atoms with Crippen LogP contribution in [-0.2, 0) is 0 Å². The predicted molar refractivity (Wildman–Crippen MR) is 64.2 cm³/mol. The summed E-state index contributed by atoms with van der Waals surface area (Å²) in [6.45, 7) is 4.31. The fourth-order valence-electron chi connectivity index (χ4n) is 2.40. The smallest absolute Gasteiger partial charge is 0.338 e. The second-order valence-corrected chi connectivity index (χ2v) is 4.47. The quantitative estimate of drug-likeness (QED) is 0.867. The summed E-state index contributed by atoms with van der Waals surface area (Å²) in [5.74, 6) is -0.343. The van der Waals surface area contributed by atoms with E-state index in [4.69, 9.17) is 5.11 Å². The number of aromatic carboxylic acids is 1. The summed E-state index contributed by atoms with van der Waals surface area (Å²) in [4.78, 5) is 21.3. The molecule has 0 amide bonds. The van der Waals surface area contributed by atoms with E-state index in [1.165, 1.54) is 12.4 Å². The molecule has 1 aromatic rings. The minimum Gasteiger partial charge on any atom is -0.478 e. The molecular formula is C12H17N3O2. The van der Waals surface area contributed by atoms with Crippen LogP contribution in [0.1, 0.15) is 43.5 Å². The van der Waals surface area contributed by atoms with Crippen LogP contribution in [0.4, 0.5) is 5.95 Å². The standard InChI is InChI=1S/C12H17N3O2/c1-3-10-5-4-8(2)15(10)12-13-6-9(7-14-12)11(16)17/h6-8,10H,3-5H2,1-2H3,(H,16,17). The van der Waals surface area contributed by atoms with Gasteiger partial charge in [0.2, 0.25) is 5.95 Å². The molecule has 1 fully saturated rings. The van der Waals surface area contributed by atoms with Crippen molar-refractivity contribution in [3.8, 4) is 0 Å². The van der Waals surface area contributed by atoms with Crippen molar-refractivity contribution in [3.63, 3.8) is 0 Å². The van der Waals surface area contributed by atoms with Gasteiger partial charge in [-0.15, -0.1) is 0 Å². The lowest BCUT2D eigenvalue weighted by atomic mass is 10.2. The topological polar surface area (TPSA) is 66.3 Å². The van der Waals surface area contributed by atoms with Crippen LogP contribution >= 0.6 is 0 Å². The van der Waals surface area contributed by atoms with E-state index in [0.717, 1.165) is 19.3 Å². The minimum absolute atomic E-state index is 0.133. The van der Waals surface area contributed by atoms with Crippen molar-refractivity contribution in [2.45, 2.75) is 45.2 Å². The van der Waals surface area contributed by atoms with Gasteiger partial charge in [-0.3, -0.25) is 0 Å². The Labute approximate surface area is 100 Å². The third kappa shape index (κ3) is 2.23. The SMILES string of the molecule is CCC1CCC(C)N1c1ncc(C(=O)O)cn1. The second-order valence-electron chi connectivity index (χ2n) is 4.47. The molecule has 2 unspecified atom stereocenters. The monoisotopic (exact) mass is 235 g/mol. The molecule has 5 heteroatoms. The molecule has 92 valence electrons. The van der Waals surface area contributed by atoms with Crippen molar-refractivity contribution in [2.75, 3.05) is 4.90 Å². The Hall–Kier alpha value is -1.65. The number of carbonyl (C=O) groups is 1.